The SMILES string of the molecule is CC(C)C(=O)NCCOCCN1C(=O)C=CC1=O. The highest BCUT2D eigenvalue weighted by atomic mass is 16.5. The molecular weight excluding hydrogens is 236 g/mol. The summed E-state index contributed by atoms with van der Waals surface area (Å²) in [4.78, 5) is 34.7. The summed E-state index contributed by atoms with van der Waals surface area (Å²) >= 11 is 0. The summed E-state index contributed by atoms with van der Waals surface area (Å²) in [7, 11) is 0. The Morgan fingerprint density at radius 2 is 1.89 bits per heavy atom. The third-order valence-electron chi connectivity index (χ3n) is 2.43. The van der Waals surface area contributed by atoms with Crippen molar-refractivity contribution in [2.75, 3.05) is 26.3 Å². The van der Waals surface area contributed by atoms with Crippen LogP contribution >= 0.6 is 0 Å². The molecule has 0 radical (unpaired) electrons. The van der Waals surface area contributed by atoms with Gasteiger partial charge in [-0.2, -0.15) is 0 Å². The summed E-state index contributed by atoms with van der Waals surface area (Å²) < 4.78 is 5.23. The summed E-state index contributed by atoms with van der Waals surface area (Å²) in [6.07, 6.45) is 2.48. The predicted molar refractivity (Wildman–Crippen MR) is 64.5 cm³/mol. The molecule has 0 aromatic heterocycles. The van der Waals surface area contributed by atoms with Gasteiger partial charge >= 0.3 is 0 Å². The van der Waals surface area contributed by atoms with E-state index in [0.29, 0.717) is 13.2 Å². The average Bonchev–Trinajstić information content (AvgIpc) is 2.64. The second-order valence-corrected chi connectivity index (χ2v) is 4.22. The Morgan fingerprint density at radius 1 is 1.28 bits per heavy atom. The van der Waals surface area contributed by atoms with E-state index in [9.17, 15) is 14.4 Å². The second-order valence-electron chi connectivity index (χ2n) is 4.22. The van der Waals surface area contributed by atoms with Crippen molar-refractivity contribution in [3.05, 3.63) is 12.2 Å². The lowest BCUT2D eigenvalue weighted by Gasteiger charge is -2.13. The number of carbonyl (C=O) groups is 3. The van der Waals surface area contributed by atoms with E-state index in [1.807, 2.05) is 13.8 Å². The van der Waals surface area contributed by atoms with Gasteiger partial charge in [0.1, 0.15) is 0 Å². The number of nitrogens with one attached hydrogen (secondary N) is 1. The van der Waals surface area contributed by atoms with E-state index in [0.717, 1.165) is 4.90 Å². The van der Waals surface area contributed by atoms with E-state index < -0.39 is 0 Å². The highest BCUT2D eigenvalue weighted by Gasteiger charge is 2.22. The summed E-state index contributed by atoms with van der Waals surface area (Å²) in [6.45, 7) is 4.93. The Balaban J connectivity index is 2.04. The average molecular weight is 254 g/mol. The van der Waals surface area contributed by atoms with Crippen LogP contribution in [0.3, 0.4) is 0 Å². The van der Waals surface area contributed by atoms with Crippen LogP contribution in [0.1, 0.15) is 13.8 Å². The van der Waals surface area contributed by atoms with Crippen LogP contribution in [0.2, 0.25) is 0 Å². The molecule has 1 heterocycles. The van der Waals surface area contributed by atoms with Gasteiger partial charge in [0.05, 0.1) is 19.8 Å². The topological polar surface area (TPSA) is 75.7 Å². The van der Waals surface area contributed by atoms with Gasteiger partial charge in [-0.1, -0.05) is 13.8 Å². The molecule has 0 spiro atoms. The first-order chi connectivity index (χ1) is 8.52. The summed E-state index contributed by atoms with van der Waals surface area (Å²) in [6, 6.07) is 0. The standard InChI is InChI=1S/C12H18N2O4/c1-9(2)12(17)13-5-7-18-8-6-14-10(15)3-4-11(14)16/h3-4,9H,5-8H2,1-2H3,(H,13,17). The van der Waals surface area contributed by atoms with E-state index in [1.165, 1.54) is 12.2 Å². The zero-order chi connectivity index (χ0) is 13.5. The zero-order valence-electron chi connectivity index (χ0n) is 10.6. The zero-order valence-corrected chi connectivity index (χ0v) is 10.6. The van der Waals surface area contributed by atoms with E-state index in [4.69, 9.17) is 4.74 Å². The van der Waals surface area contributed by atoms with E-state index in [2.05, 4.69) is 5.32 Å². The van der Waals surface area contributed by atoms with Crippen LogP contribution < -0.4 is 5.32 Å². The van der Waals surface area contributed by atoms with Crippen molar-refractivity contribution in [2.24, 2.45) is 5.92 Å². The molecule has 6 heteroatoms. The van der Waals surface area contributed by atoms with Gasteiger partial charge in [-0.05, 0) is 0 Å². The number of imide groups is 1. The maximum Gasteiger partial charge on any atom is 0.253 e. The normalized spacial score (nSPS) is 14.7. The van der Waals surface area contributed by atoms with Crippen LogP contribution in [0.25, 0.3) is 0 Å². The van der Waals surface area contributed by atoms with E-state index in [-0.39, 0.29) is 36.8 Å². The first kappa shape index (κ1) is 14.4. The number of rotatable bonds is 7. The molecular formula is C12H18N2O4. The number of ether oxygens (including phenoxy) is 1. The van der Waals surface area contributed by atoms with Crippen molar-refractivity contribution in [1.82, 2.24) is 10.2 Å². The lowest BCUT2D eigenvalue weighted by Crippen LogP contribution is -2.34. The van der Waals surface area contributed by atoms with Gasteiger partial charge in [0.15, 0.2) is 0 Å². The van der Waals surface area contributed by atoms with E-state index >= 15 is 0 Å². The second kappa shape index (κ2) is 6.90. The van der Waals surface area contributed by atoms with Crippen LogP contribution in [0.15, 0.2) is 12.2 Å². The molecule has 0 atom stereocenters. The van der Waals surface area contributed by atoms with Crippen LogP contribution in [-0.4, -0.2) is 48.9 Å². The molecule has 0 aliphatic carbocycles. The largest absolute Gasteiger partial charge is 0.378 e. The fraction of sp³-hybridized carbons (Fsp3) is 0.583. The van der Waals surface area contributed by atoms with E-state index in [1.54, 1.807) is 0 Å². The number of amides is 3. The monoisotopic (exact) mass is 254 g/mol. The van der Waals surface area contributed by atoms with Crippen LogP contribution in [0.4, 0.5) is 0 Å². The summed E-state index contributed by atoms with van der Waals surface area (Å²) in [5.74, 6) is -0.683. The molecule has 0 saturated carbocycles. The number of carbonyl (C=O) groups excluding carboxylic acids is 3. The van der Waals surface area contributed by atoms with Crippen LogP contribution in [0.5, 0.6) is 0 Å². The van der Waals surface area contributed by atoms with Gasteiger partial charge < -0.3 is 10.1 Å². The minimum absolute atomic E-state index is 0.0206. The number of hydrogen-bond donors (Lipinski definition) is 1. The fourth-order valence-corrected chi connectivity index (χ4v) is 1.36. The van der Waals surface area contributed by atoms with Gasteiger partial charge in [0, 0.05) is 24.6 Å². The first-order valence-corrected chi connectivity index (χ1v) is 5.91. The summed E-state index contributed by atoms with van der Waals surface area (Å²) in [5, 5.41) is 2.70. The first-order valence-electron chi connectivity index (χ1n) is 5.91. The predicted octanol–water partition coefficient (Wildman–Crippen LogP) is -0.300. The van der Waals surface area contributed by atoms with Crippen molar-refractivity contribution in [3.63, 3.8) is 0 Å². The molecule has 0 fully saturated rings. The quantitative estimate of drug-likeness (QED) is 0.500. The van der Waals surface area contributed by atoms with Gasteiger partial charge in [-0.15, -0.1) is 0 Å². The molecule has 1 aliphatic rings. The molecule has 0 saturated heterocycles. The number of hydrogen-bond acceptors (Lipinski definition) is 4. The van der Waals surface area contributed by atoms with Gasteiger partial charge in [0.25, 0.3) is 11.8 Å². The molecule has 0 aromatic carbocycles. The highest BCUT2D eigenvalue weighted by Crippen LogP contribution is 2.02. The molecule has 0 aromatic rings. The molecule has 1 aliphatic heterocycles. The molecule has 0 unspecified atom stereocenters. The van der Waals surface area contributed by atoms with Crippen LogP contribution in [0, 0.1) is 5.92 Å². The highest BCUT2D eigenvalue weighted by molar-refractivity contribution is 6.12. The lowest BCUT2D eigenvalue weighted by molar-refractivity contribution is -0.137. The third-order valence-corrected chi connectivity index (χ3v) is 2.43. The third kappa shape index (κ3) is 4.29. The molecule has 1 rings (SSSR count). The van der Waals surface area contributed by atoms with Crippen LogP contribution in [-0.2, 0) is 19.1 Å². The summed E-state index contributed by atoms with van der Waals surface area (Å²) in [5.41, 5.74) is 0. The van der Waals surface area contributed by atoms with Gasteiger partial charge in [-0.25, -0.2) is 0 Å². The molecule has 0 bridgehead atoms. The number of nitrogens with zero attached hydrogens (tertiary/aromatic N) is 1. The molecule has 6 nitrogen and oxygen atoms in total. The molecule has 1 N–H and O–H groups in total. The van der Waals surface area contributed by atoms with Gasteiger partial charge in [-0.3, -0.25) is 19.3 Å². The molecule has 3 amide bonds. The molecule has 18 heavy (non-hydrogen) atoms. The maximum atomic E-state index is 11.2. The van der Waals surface area contributed by atoms with Gasteiger partial charge in [0.2, 0.25) is 5.91 Å². The molecule has 100 valence electrons. The fourth-order valence-electron chi connectivity index (χ4n) is 1.36. The Bertz CT molecular complexity index is 345. The van der Waals surface area contributed by atoms with Crippen molar-refractivity contribution in [1.29, 1.82) is 0 Å². The van der Waals surface area contributed by atoms with Crippen molar-refractivity contribution in [2.45, 2.75) is 13.8 Å². The smallest absolute Gasteiger partial charge is 0.253 e. The van der Waals surface area contributed by atoms with Crippen molar-refractivity contribution >= 4 is 17.7 Å². The maximum absolute atomic E-state index is 11.2. The lowest BCUT2D eigenvalue weighted by atomic mass is 10.2. The Kier molecular flexibility index (Phi) is 5.51. The minimum atomic E-state index is -0.309. The Morgan fingerprint density at radius 3 is 2.44 bits per heavy atom. The Labute approximate surface area is 106 Å². The van der Waals surface area contributed by atoms with Crippen molar-refractivity contribution in [3.8, 4) is 0 Å². The minimum Gasteiger partial charge on any atom is -0.378 e. The Hall–Kier alpha value is -1.69. The van der Waals surface area contributed by atoms with Crippen molar-refractivity contribution < 1.29 is 19.1 Å².